The number of nitrogens with zero attached hydrogens (tertiary/aromatic N) is 2. The zero-order valence-electron chi connectivity index (χ0n) is 22.3. The molecular formula is C34H35BN2Si. The molecule has 188 valence electrons. The van der Waals surface area contributed by atoms with Gasteiger partial charge in [-0.3, -0.25) is 0 Å². The van der Waals surface area contributed by atoms with Crippen LogP contribution in [0, 0.1) is 0 Å². The van der Waals surface area contributed by atoms with Gasteiger partial charge in [0.2, 0.25) is 0 Å². The van der Waals surface area contributed by atoms with Crippen LogP contribution in [0.4, 0.5) is 0 Å². The number of hydrogen-bond acceptors (Lipinski definition) is 1. The molecule has 0 bridgehead atoms. The van der Waals surface area contributed by atoms with Crippen molar-refractivity contribution in [3.63, 3.8) is 0 Å². The average molecular weight is 511 g/mol. The Labute approximate surface area is 230 Å². The molecule has 0 spiro atoms. The SMILES string of the molecule is BC=C(c1ccccc1)c1ccccc1.CC=CC[SiH2]C(c1ccccc1)(c1ccccc1)n1ccnc1. The number of benzene rings is 4. The van der Waals surface area contributed by atoms with Gasteiger partial charge in [-0.05, 0) is 40.8 Å². The monoisotopic (exact) mass is 510 g/mol. The molecule has 1 aromatic heterocycles. The Balaban J connectivity index is 0.000000194. The van der Waals surface area contributed by atoms with E-state index in [0.29, 0.717) is 0 Å². The first-order chi connectivity index (χ1) is 18.8. The van der Waals surface area contributed by atoms with Gasteiger partial charge in [-0.1, -0.05) is 133 Å². The van der Waals surface area contributed by atoms with E-state index in [0.717, 1.165) is 6.04 Å². The number of imidazole rings is 1. The van der Waals surface area contributed by atoms with E-state index in [1.807, 2.05) is 24.7 Å². The highest BCUT2D eigenvalue weighted by Crippen LogP contribution is 2.34. The average Bonchev–Trinajstić information content (AvgIpc) is 3.54. The fourth-order valence-electron chi connectivity index (χ4n) is 4.99. The molecule has 0 unspecified atom stereocenters. The Morgan fingerprint density at radius 2 is 1.24 bits per heavy atom. The molecule has 0 N–H and O–H groups in total. The van der Waals surface area contributed by atoms with Crippen LogP contribution >= 0.6 is 0 Å². The Kier molecular flexibility index (Phi) is 9.89. The predicted molar refractivity (Wildman–Crippen MR) is 168 cm³/mol. The quantitative estimate of drug-likeness (QED) is 0.172. The van der Waals surface area contributed by atoms with E-state index in [2.05, 4.69) is 158 Å². The molecule has 0 aliphatic carbocycles. The lowest BCUT2D eigenvalue weighted by molar-refractivity contribution is 0.592. The first-order valence-corrected chi connectivity index (χ1v) is 15.0. The Morgan fingerprint density at radius 1 is 0.763 bits per heavy atom. The summed E-state index contributed by atoms with van der Waals surface area (Å²) in [5.41, 5.74) is 6.52. The third-order valence-electron chi connectivity index (χ3n) is 6.81. The first kappa shape index (κ1) is 26.9. The van der Waals surface area contributed by atoms with E-state index in [1.165, 1.54) is 27.8 Å². The van der Waals surface area contributed by atoms with Crippen molar-refractivity contribution >= 4 is 22.9 Å². The minimum atomic E-state index is -0.522. The molecule has 2 nitrogen and oxygen atoms in total. The van der Waals surface area contributed by atoms with E-state index in [-0.39, 0.29) is 5.16 Å². The molecule has 0 atom stereocenters. The van der Waals surface area contributed by atoms with Crippen LogP contribution in [-0.2, 0) is 5.16 Å². The summed E-state index contributed by atoms with van der Waals surface area (Å²) in [6, 6.07) is 43.8. The molecular weight excluding hydrogens is 475 g/mol. The number of allylic oxidation sites excluding steroid dienone is 2. The standard InChI is InChI=1S/C20H22N2Si.C14H13B/c1-2-3-16-23-20(22-15-14-21-17-22,18-10-6-4-7-11-18)19-12-8-5-9-13-19;15-11-14(12-7-3-1-4-8-12)13-9-5-2-6-10-13/h2-15,17H,16,23H2,1H3;1-11H,15H2. The van der Waals surface area contributed by atoms with Gasteiger partial charge >= 0.3 is 0 Å². The van der Waals surface area contributed by atoms with Crippen molar-refractivity contribution in [1.29, 1.82) is 0 Å². The fraction of sp³-hybridized carbons (Fsp3) is 0.0882. The van der Waals surface area contributed by atoms with Crippen molar-refractivity contribution in [3.05, 3.63) is 180 Å². The van der Waals surface area contributed by atoms with E-state index in [9.17, 15) is 0 Å². The molecule has 1 heterocycles. The first-order valence-electron chi connectivity index (χ1n) is 13.3. The van der Waals surface area contributed by atoms with Crippen LogP contribution < -0.4 is 0 Å². The van der Waals surface area contributed by atoms with Crippen molar-refractivity contribution in [3.8, 4) is 0 Å². The van der Waals surface area contributed by atoms with Crippen LogP contribution in [0.15, 0.2) is 158 Å². The topological polar surface area (TPSA) is 17.8 Å². The smallest absolute Gasteiger partial charge is 0.130 e. The normalized spacial score (nSPS) is 11.3. The lowest BCUT2D eigenvalue weighted by Crippen LogP contribution is -2.41. The third kappa shape index (κ3) is 6.40. The fourth-order valence-corrected chi connectivity index (χ4v) is 7.40. The molecule has 5 rings (SSSR count). The second kappa shape index (κ2) is 14.0. The summed E-state index contributed by atoms with van der Waals surface area (Å²) in [6.07, 6.45) is 10.4. The van der Waals surface area contributed by atoms with Crippen LogP contribution in [0.2, 0.25) is 6.04 Å². The summed E-state index contributed by atoms with van der Waals surface area (Å²) >= 11 is 0. The number of rotatable bonds is 8. The van der Waals surface area contributed by atoms with Crippen LogP contribution in [-0.4, -0.2) is 26.9 Å². The van der Waals surface area contributed by atoms with Gasteiger partial charge in [-0.2, -0.15) is 0 Å². The maximum atomic E-state index is 4.33. The van der Waals surface area contributed by atoms with Crippen molar-refractivity contribution in [2.75, 3.05) is 0 Å². The molecule has 0 amide bonds. The van der Waals surface area contributed by atoms with E-state index < -0.39 is 9.52 Å². The molecule has 4 aromatic carbocycles. The summed E-state index contributed by atoms with van der Waals surface area (Å²) in [5, 5.41) is -0.0987. The highest BCUT2D eigenvalue weighted by Gasteiger charge is 2.35. The minimum absolute atomic E-state index is 0.0987. The van der Waals surface area contributed by atoms with Gasteiger partial charge in [0.05, 0.1) is 21.0 Å². The highest BCUT2D eigenvalue weighted by molar-refractivity contribution is 6.42. The third-order valence-corrected chi connectivity index (χ3v) is 9.34. The lowest BCUT2D eigenvalue weighted by Gasteiger charge is -2.36. The molecule has 38 heavy (non-hydrogen) atoms. The van der Waals surface area contributed by atoms with Crippen molar-refractivity contribution in [2.45, 2.75) is 18.1 Å². The number of aromatic nitrogens is 2. The summed E-state index contributed by atoms with van der Waals surface area (Å²) < 4.78 is 2.30. The Morgan fingerprint density at radius 3 is 1.63 bits per heavy atom. The Bertz CT molecular complexity index is 1320. The van der Waals surface area contributed by atoms with Crippen LogP contribution in [0.5, 0.6) is 0 Å². The maximum Gasteiger partial charge on any atom is 0.130 e. The van der Waals surface area contributed by atoms with Gasteiger partial charge in [0.25, 0.3) is 0 Å². The summed E-state index contributed by atoms with van der Waals surface area (Å²) in [7, 11) is 1.56. The number of hydrogen-bond donors (Lipinski definition) is 0. The zero-order chi connectivity index (χ0) is 26.5. The summed E-state index contributed by atoms with van der Waals surface area (Å²) in [4.78, 5) is 4.33. The molecule has 0 saturated carbocycles. The molecule has 0 aliphatic heterocycles. The predicted octanol–water partition coefficient (Wildman–Crippen LogP) is 6.50. The van der Waals surface area contributed by atoms with Crippen LogP contribution in [0.25, 0.3) is 5.57 Å². The van der Waals surface area contributed by atoms with Crippen molar-refractivity contribution in [1.82, 2.24) is 9.55 Å². The van der Waals surface area contributed by atoms with Gasteiger partial charge in [0.1, 0.15) is 7.85 Å². The molecule has 0 radical (unpaired) electrons. The minimum Gasteiger partial charge on any atom is -0.327 e. The molecule has 0 saturated heterocycles. The van der Waals surface area contributed by atoms with E-state index in [1.54, 1.807) is 0 Å². The van der Waals surface area contributed by atoms with Gasteiger partial charge in [0.15, 0.2) is 0 Å². The second-order valence-electron chi connectivity index (χ2n) is 9.10. The van der Waals surface area contributed by atoms with Gasteiger partial charge < -0.3 is 4.57 Å². The van der Waals surface area contributed by atoms with Gasteiger partial charge in [-0.15, -0.1) is 5.98 Å². The molecule has 5 aromatic rings. The second-order valence-corrected chi connectivity index (χ2v) is 11.2. The largest absolute Gasteiger partial charge is 0.327 e. The van der Waals surface area contributed by atoms with Crippen LogP contribution in [0.3, 0.4) is 0 Å². The maximum absolute atomic E-state index is 4.33. The van der Waals surface area contributed by atoms with Crippen molar-refractivity contribution in [2.24, 2.45) is 0 Å². The molecule has 4 heteroatoms. The molecule has 0 aliphatic rings. The highest BCUT2D eigenvalue weighted by atomic mass is 28.2. The summed E-state index contributed by atoms with van der Waals surface area (Å²) in [6.45, 7) is 2.10. The van der Waals surface area contributed by atoms with Gasteiger partial charge in [-0.25, -0.2) is 4.98 Å². The zero-order valence-corrected chi connectivity index (χ0v) is 23.7. The Hall–Kier alpha value is -4.15. The summed E-state index contributed by atoms with van der Waals surface area (Å²) in [5.74, 6) is 2.16. The van der Waals surface area contributed by atoms with Crippen molar-refractivity contribution < 1.29 is 0 Å². The van der Waals surface area contributed by atoms with E-state index >= 15 is 0 Å². The molecule has 0 fully saturated rings. The van der Waals surface area contributed by atoms with Gasteiger partial charge in [0, 0.05) is 12.4 Å². The van der Waals surface area contributed by atoms with Crippen LogP contribution in [0.1, 0.15) is 29.2 Å². The van der Waals surface area contributed by atoms with E-state index in [4.69, 9.17) is 0 Å². The lowest BCUT2D eigenvalue weighted by atomic mass is 9.92.